The summed E-state index contributed by atoms with van der Waals surface area (Å²) in [6, 6.07) is 14.8. The number of ketones is 1. The van der Waals surface area contributed by atoms with Gasteiger partial charge in [-0.25, -0.2) is 4.68 Å². The summed E-state index contributed by atoms with van der Waals surface area (Å²) >= 11 is 3.34. The summed E-state index contributed by atoms with van der Waals surface area (Å²) in [4.78, 5) is 12.5. The Morgan fingerprint density at radius 1 is 1.10 bits per heavy atom. The predicted molar refractivity (Wildman–Crippen MR) is 85.6 cm³/mol. The van der Waals surface area contributed by atoms with Gasteiger partial charge in [-0.2, -0.15) is 5.10 Å². The molecule has 3 aromatic rings. The molecule has 4 nitrogen and oxygen atoms in total. The third-order valence-corrected chi connectivity index (χ3v) is 3.51. The molecule has 0 aliphatic carbocycles. The number of aromatic nitrogens is 2. The van der Waals surface area contributed by atoms with Gasteiger partial charge in [0.2, 0.25) is 0 Å². The number of hydrogen-bond donors (Lipinski definition) is 1. The molecule has 0 amide bonds. The fourth-order valence-electron chi connectivity index (χ4n) is 2.07. The van der Waals surface area contributed by atoms with Gasteiger partial charge < -0.3 is 5.73 Å². The molecule has 0 radical (unpaired) electrons. The summed E-state index contributed by atoms with van der Waals surface area (Å²) in [5, 5.41) is 4.23. The molecule has 104 valence electrons. The number of nitrogens with zero attached hydrogens (tertiary/aromatic N) is 2. The van der Waals surface area contributed by atoms with Crippen molar-refractivity contribution in [2.24, 2.45) is 0 Å². The zero-order valence-corrected chi connectivity index (χ0v) is 12.6. The van der Waals surface area contributed by atoms with Gasteiger partial charge in [0.1, 0.15) is 0 Å². The van der Waals surface area contributed by atoms with E-state index < -0.39 is 0 Å². The van der Waals surface area contributed by atoms with Crippen molar-refractivity contribution in [1.29, 1.82) is 0 Å². The SMILES string of the molecule is Nc1cc(Br)cc(C(=O)c2cnn(-c3ccccc3)c2)c1. The van der Waals surface area contributed by atoms with Gasteiger partial charge in [0.25, 0.3) is 0 Å². The molecule has 0 spiro atoms. The van der Waals surface area contributed by atoms with E-state index in [0.29, 0.717) is 16.8 Å². The van der Waals surface area contributed by atoms with E-state index >= 15 is 0 Å². The van der Waals surface area contributed by atoms with E-state index in [2.05, 4.69) is 21.0 Å². The van der Waals surface area contributed by atoms with Crippen molar-refractivity contribution < 1.29 is 4.79 Å². The Hall–Kier alpha value is -2.40. The van der Waals surface area contributed by atoms with Gasteiger partial charge in [-0.15, -0.1) is 0 Å². The minimum atomic E-state index is -0.106. The van der Waals surface area contributed by atoms with Crippen LogP contribution in [0, 0.1) is 0 Å². The molecular formula is C16H12BrN3O. The van der Waals surface area contributed by atoms with Crippen LogP contribution in [0.2, 0.25) is 0 Å². The Morgan fingerprint density at radius 3 is 2.57 bits per heavy atom. The monoisotopic (exact) mass is 341 g/mol. The lowest BCUT2D eigenvalue weighted by Crippen LogP contribution is -2.01. The van der Waals surface area contributed by atoms with Crippen LogP contribution in [0.4, 0.5) is 5.69 Å². The average Bonchev–Trinajstić information content (AvgIpc) is 2.96. The van der Waals surface area contributed by atoms with Crippen LogP contribution in [0.3, 0.4) is 0 Å². The number of carbonyl (C=O) groups is 1. The van der Waals surface area contributed by atoms with Crippen molar-refractivity contribution in [1.82, 2.24) is 9.78 Å². The van der Waals surface area contributed by atoms with Gasteiger partial charge in [0.05, 0.1) is 17.4 Å². The van der Waals surface area contributed by atoms with Gasteiger partial charge in [-0.1, -0.05) is 34.1 Å². The van der Waals surface area contributed by atoms with E-state index in [1.54, 1.807) is 35.3 Å². The zero-order valence-electron chi connectivity index (χ0n) is 11.0. The van der Waals surface area contributed by atoms with E-state index in [-0.39, 0.29) is 5.78 Å². The second kappa shape index (κ2) is 5.54. The molecule has 0 atom stereocenters. The Kier molecular flexibility index (Phi) is 3.58. The first-order valence-corrected chi connectivity index (χ1v) is 7.13. The smallest absolute Gasteiger partial charge is 0.196 e. The maximum Gasteiger partial charge on any atom is 0.196 e. The molecule has 0 bridgehead atoms. The van der Waals surface area contributed by atoms with Crippen molar-refractivity contribution in [3.05, 3.63) is 76.5 Å². The first-order valence-electron chi connectivity index (χ1n) is 6.34. The van der Waals surface area contributed by atoms with E-state index in [1.165, 1.54) is 0 Å². The van der Waals surface area contributed by atoms with Crippen LogP contribution >= 0.6 is 15.9 Å². The van der Waals surface area contributed by atoms with Crippen LogP contribution in [0.25, 0.3) is 5.69 Å². The summed E-state index contributed by atoms with van der Waals surface area (Å²) in [6.45, 7) is 0. The fourth-order valence-corrected chi connectivity index (χ4v) is 2.58. The molecule has 0 aliphatic heterocycles. The van der Waals surface area contributed by atoms with E-state index in [9.17, 15) is 4.79 Å². The molecule has 5 heteroatoms. The number of benzene rings is 2. The highest BCUT2D eigenvalue weighted by atomic mass is 79.9. The van der Waals surface area contributed by atoms with Gasteiger partial charge in [0.15, 0.2) is 5.78 Å². The van der Waals surface area contributed by atoms with E-state index in [4.69, 9.17) is 5.73 Å². The predicted octanol–water partition coefficient (Wildman–Crippen LogP) is 3.45. The molecule has 21 heavy (non-hydrogen) atoms. The van der Waals surface area contributed by atoms with E-state index in [1.807, 2.05) is 30.3 Å². The fraction of sp³-hybridized carbons (Fsp3) is 0. The summed E-state index contributed by atoms with van der Waals surface area (Å²) in [7, 11) is 0. The number of carbonyl (C=O) groups excluding carboxylic acids is 1. The van der Waals surface area contributed by atoms with E-state index in [0.717, 1.165) is 10.2 Å². The molecule has 2 aromatic carbocycles. The van der Waals surface area contributed by atoms with Gasteiger partial charge in [0, 0.05) is 21.9 Å². The third-order valence-electron chi connectivity index (χ3n) is 3.05. The van der Waals surface area contributed by atoms with Crippen molar-refractivity contribution in [2.75, 3.05) is 5.73 Å². The highest BCUT2D eigenvalue weighted by Gasteiger charge is 2.13. The summed E-state index contributed by atoms with van der Waals surface area (Å²) in [6.07, 6.45) is 3.28. The molecule has 0 unspecified atom stereocenters. The molecular weight excluding hydrogens is 330 g/mol. The first-order chi connectivity index (χ1) is 10.1. The number of nitrogens with two attached hydrogens (primary N) is 1. The van der Waals surface area contributed by atoms with Crippen molar-refractivity contribution in [3.8, 4) is 5.69 Å². The highest BCUT2D eigenvalue weighted by Crippen LogP contribution is 2.20. The van der Waals surface area contributed by atoms with Gasteiger partial charge in [-0.3, -0.25) is 4.79 Å². The normalized spacial score (nSPS) is 10.5. The highest BCUT2D eigenvalue weighted by molar-refractivity contribution is 9.10. The number of halogens is 1. The lowest BCUT2D eigenvalue weighted by Gasteiger charge is -2.02. The minimum absolute atomic E-state index is 0.106. The van der Waals surface area contributed by atoms with Crippen molar-refractivity contribution >= 4 is 27.4 Å². The second-order valence-electron chi connectivity index (χ2n) is 4.61. The number of rotatable bonds is 3. The van der Waals surface area contributed by atoms with Gasteiger partial charge >= 0.3 is 0 Å². The maximum absolute atomic E-state index is 12.5. The van der Waals surface area contributed by atoms with Crippen LogP contribution in [-0.4, -0.2) is 15.6 Å². The van der Waals surface area contributed by atoms with Crippen LogP contribution in [-0.2, 0) is 0 Å². The summed E-state index contributed by atoms with van der Waals surface area (Å²) in [5.41, 5.74) is 8.28. The quantitative estimate of drug-likeness (QED) is 0.586. The molecule has 1 heterocycles. The zero-order chi connectivity index (χ0) is 14.8. The Morgan fingerprint density at radius 2 is 1.86 bits per heavy atom. The topological polar surface area (TPSA) is 60.9 Å². The largest absolute Gasteiger partial charge is 0.399 e. The lowest BCUT2D eigenvalue weighted by atomic mass is 10.1. The average molecular weight is 342 g/mol. The number of hydrogen-bond acceptors (Lipinski definition) is 3. The molecule has 2 N–H and O–H groups in total. The van der Waals surface area contributed by atoms with Crippen LogP contribution in [0.5, 0.6) is 0 Å². The first kappa shape index (κ1) is 13.6. The number of nitrogen functional groups attached to an aromatic ring is 1. The standard InChI is InChI=1S/C16H12BrN3O/c17-13-6-11(7-14(18)8-13)16(21)12-9-19-20(10-12)15-4-2-1-3-5-15/h1-10H,18H2. The van der Waals surface area contributed by atoms with Gasteiger partial charge in [-0.05, 0) is 30.3 Å². The molecule has 3 rings (SSSR count). The van der Waals surface area contributed by atoms with Crippen LogP contribution < -0.4 is 5.73 Å². The Bertz CT molecular complexity index is 776. The third kappa shape index (κ3) is 2.87. The summed E-state index contributed by atoms with van der Waals surface area (Å²) in [5.74, 6) is -0.106. The van der Waals surface area contributed by atoms with Crippen LogP contribution in [0.1, 0.15) is 15.9 Å². The molecule has 0 saturated carbocycles. The van der Waals surface area contributed by atoms with Crippen molar-refractivity contribution in [2.45, 2.75) is 0 Å². The number of anilines is 1. The lowest BCUT2D eigenvalue weighted by molar-refractivity contribution is 0.103. The second-order valence-corrected chi connectivity index (χ2v) is 5.53. The number of para-hydroxylation sites is 1. The summed E-state index contributed by atoms with van der Waals surface area (Å²) < 4.78 is 2.45. The minimum Gasteiger partial charge on any atom is -0.399 e. The molecule has 0 fully saturated rings. The Labute approximate surface area is 130 Å². The Balaban J connectivity index is 1.94. The molecule has 0 aliphatic rings. The van der Waals surface area contributed by atoms with Crippen molar-refractivity contribution in [3.63, 3.8) is 0 Å². The van der Waals surface area contributed by atoms with Crippen LogP contribution in [0.15, 0.2) is 65.4 Å². The molecule has 1 aromatic heterocycles. The molecule has 0 saturated heterocycles. The maximum atomic E-state index is 12.5.